The van der Waals surface area contributed by atoms with Gasteiger partial charge in [-0.25, -0.2) is 4.79 Å². The standard InChI is InChI=1S/C16H21ClN2O4/c17-13-4-1-2-5-14(13)23-11-3-8-18-16(22)19-9-6-12(7-10-19)15(20)21/h1-2,4-5,12H,3,6-11H2,(H,18,22)(H,20,21). The van der Waals surface area contributed by atoms with Crippen LogP contribution in [0.4, 0.5) is 4.79 Å². The van der Waals surface area contributed by atoms with Crippen LogP contribution in [0.1, 0.15) is 19.3 Å². The van der Waals surface area contributed by atoms with Gasteiger partial charge in [-0.1, -0.05) is 23.7 Å². The summed E-state index contributed by atoms with van der Waals surface area (Å²) in [6.45, 7) is 1.94. The summed E-state index contributed by atoms with van der Waals surface area (Å²) in [6, 6.07) is 7.10. The number of halogens is 1. The molecule has 1 heterocycles. The SMILES string of the molecule is O=C(O)C1CCN(C(=O)NCCCOc2ccccc2Cl)CC1. The Kier molecular flexibility index (Phi) is 6.52. The van der Waals surface area contributed by atoms with Crippen molar-refractivity contribution >= 4 is 23.6 Å². The van der Waals surface area contributed by atoms with Crippen molar-refractivity contribution in [2.75, 3.05) is 26.2 Å². The van der Waals surface area contributed by atoms with Gasteiger partial charge in [-0.3, -0.25) is 4.79 Å². The Bertz CT molecular complexity index is 545. The molecule has 1 aromatic carbocycles. The summed E-state index contributed by atoms with van der Waals surface area (Å²) < 4.78 is 5.54. The first kappa shape index (κ1) is 17.4. The molecule has 2 N–H and O–H groups in total. The van der Waals surface area contributed by atoms with E-state index in [-0.39, 0.29) is 11.9 Å². The molecule has 0 radical (unpaired) electrons. The molecule has 1 aromatic rings. The molecule has 0 saturated carbocycles. The minimum atomic E-state index is -0.776. The van der Waals surface area contributed by atoms with Gasteiger partial charge in [0.25, 0.3) is 0 Å². The zero-order chi connectivity index (χ0) is 16.7. The van der Waals surface area contributed by atoms with Gasteiger partial charge in [0.2, 0.25) is 0 Å². The molecule has 0 aliphatic carbocycles. The lowest BCUT2D eigenvalue weighted by Gasteiger charge is -2.30. The lowest BCUT2D eigenvalue weighted by Crippen LogP contribution is -2.45. The fraction of sp³-hybridized carbons (Fsp3) is 0.500. The van der Waals surface area contributed by atoms with Crippen molar-refractivity contribution in [2.45, 2.75) is 19.3 Å². The summed E-state index contributed by atoms with van der Waals surface area (Å²) in [5, 5.41) is 12.3. The predicted molar refractivity (Wildman–Crippen MR) is 86.9 cm³/mol. The number of carboxylic acids is 1. The second-order valence-corrected chi connectivity index (χ2v) is 5.87. The number of piperidine rings is 1. The average molecular weight is 341 g/mol. The molecule has 126 valence electrons. The zero-order valence-electron chi connectivity index (χ0n) is 12.8. The summed E-state index contributed by atoms with van der Waals surface area (Å²) in [5.41, 5.74) is 0. The van der Waals surface area contributed by atoms with Crippen molar-refractivity contribution in [3.05, 3.63) is 29.3 Å². The molecule has 23 heavy (non-hydrogen) atoms. The van der Waals surface area contributed by atoms with Crippen LogP contribution in [-0.4, -0.2) is 48.2 Å². The average Bonchev–Trinajstić information content (AvgIpc) is 2.56. The lowest BCUT2D eigenvalue weighted by molar-refractivity contribution is -0.143. The first-order valence-electron chi connectivity index (χ1n) is 7.71. The molecule has 0 spiro atoms. The minimum Gasteiger partial charge on any atom is -0.492 e. The van der Waals surface area contributed by atoms with Crippen molar-refractivity contribution in [3.8, 4) is 5.75 Å². The van der Waals surface area contributed by atoms with Crippen LogP contribution in [0.15, 0.2) is 24.3 Å². The van der Waals surface area contributed by atoms with Crippen LogP contribution in [0, 0.1) is 5.92 Å². The van der Waals surface area contributed by atoms with Crippen LogP contribution in [-0.2, 0) is 4.79 Å². The quantitative estimate of drug-likeness (QED) is 0.780. The highest BCUT2D eigenvalue weighted by Crippen LogP contribution is 2.23. The van der Waals surface area contributed by atoms with E-state index in [1.807, 2.05) is 12.1 Å². The molecular formula is C16H21ClN2O4. The lowest BCUT2D eigenvalue weighted by atomic mass is 9.97. The van der Waals surface area contributed by atoms with Gasteiger partial charge in [0.05, 0.1) is 17.5 Å². The summed E-state index contributed by atoms with van der Waals surface area (Å²) in [7, 11) is 0. The molecule has 2 amide bonds. The molecule has 0 aromatic heterocycles. The van der Waals surface area contributed by atoms with Gasteiger partial charge in [0.1, 0.15) is 5.75 Å². The summed E-state index contributed by atoms with van der Waals surface area (Å²) in [5.74, 6) is -0.471. The van der Waals surface area contributed by atoms with Gasteiger partial charge in [-0.05, 0) is 31.4 Å². The number of carbonyl (C=O) groups is 2. The Morgan fingerprint density at radius 2 is 2.00 bits per heavy atom. The first-order chi connectivity index (χ1) is 11.1. The highest BCUT2D eigenvalue weighted by Gasteiger charge is 2.26. The summed E-state index contributed by atoms with van der Waals surface area (Å²) >= 11 is 5.98. The van der Waals surface area contributed by atoms with E-state index in [1.54, 1.807) is 17.0 Å². The van der Waals surface area contributed by atoms with Crippen LogP contribution in [0.25, 0.3) is 0 Å². The molecule has 7 heteroatoms. The third-order valence-corrected chi connectivity index (χ3v) is 4.14. The number of hydrogen-bond donors (Lipinski definition) is 2. The van der Waals surface area contributed by atoms with Crippen molar-refractivity contribution < 1.29 is 19.4 Å². The second-order valence-electron chi connectivity index (χ2n) is 5.46. The van der Waals surface area contributed by atoms with E-state index in [1.165, 1.54) is 0 Å². The molecule has 2 rings (SSSR count). The van der Waals surface area contributed by atoms with Crippen molar-refractivity contribution in [2.24, 2.45) is 5.92 Å². The Morgan fingerprint density at radius 3 is 2.65 bits per heavy atom. The number of ether oxygens (including phenoxy) is 1. The molecule has 6 nitrogen and oxygen atoms in total. The number of benzene rings is 1. The summed E-state index contributed by atoms with van der Waals surface area (Å²) in [4.78, 5) is 24.5. The molecule has 0 bridgehead atoms. The topological polar surface area (TPSA) is 78.9 Å². The number of urea groups is 1. The Hall–Kier alpha value is -1.95. The van der Waals surface area contributed by atoms with Gasteiger partial charge in [-0.2, -0.15) is 0 Å². The molecule has 0 atom stereocenters. The number of rotatable bonds is 6. The molecule has 1 aliphatic heterocycles. The van der Waals surface area contributed by atoms with Crippen LogP contribution in [0.2, 0.25) is 5.02 Å². The summed E-state index contributed by atoms with van der Waals surface area (Å²) in [6.07, 6.45) is 1.69. The molecule has 1 aliphatic rings. The number of aliphatic carboxylic acids is 1. The monoisotopic (exact) mass is 340 g/mol. The number of nitrogens with zero attached hydrogens (tertiary/aromatic N) is 1. The molecular weight excluding hydrogens is 320 g/mol. The Labute approximate surface area is 140 Å². The van der Waals surface area contributed by atoms with Crippen LogP contribution in [0.3, 0.4) is 0 Å². The van der Waals surface area contributed by atoms with E-state index < -0.39 is 5.97 Å². The van der Waals surface area contributed by atoms with Gasteiger partial charge in [-0.15, -0.1) is 0 Å². The van der Waals surface area contributed by atoms with Gasteiger partial charge < -0.3 is 20.1 Å². The number of hydrogen-bond acceptors (Lipinski definition) is 3. The highest BCUT2D eigenvalue weighted by atomic mass is 35.5. The maximum absolute atomic E-state index is 12.0. The number of amides is 2. The van der Waals surface area contributed by atoms with E-state index in [4.69, 9.17) is 21.4 Å². The van der Waals surface area contributed by atoms with E-state index in [0.29, 0.717) is 56.3 Å². The van der Waals surface area contributed by atoms with Crippen molar-refractivity contribution in [3.63, 3.8) is 0 Å². The van der Waals surface area contributed by atoms with E-state index >= 15 is 0 Å². The third-order valence-electron chi connectivity index (χ3n) is 3.82. The molecule has 1 saturated heterocycles. The number of carbonyl (C=O) groups excluding carboxylic acids is 1. The maximum Gasteiger partial charge on any atom is 0.317 e. The van der Waals surface area contributed by atoms with Crippen LogP contribution < -0.4 is 10.1 Å². The fourth-order valence-corrected chi connectivity index (χ4v) is 2.64. The normalized spacial score (nSPS) is 15.3. The smallest absolute Gasteiger partial charge is 0.317 e. The predicted octanol–water partition coefficient (Wildman–Crippen LogP) is 2.62. The number of carboxylic acid groups (broad SMARTS) is 1. The first-order valence-corrected chi connectivity index (χ1v) is 8.08. The third kappa shape index (κ3) is 5.32. The van der Waals surface area contributed by atoms with E-state index in [2.05, 4.69) is 5.32 Å². The maximum atomic E-state index is 12.0. The van der Waals surface area contributed by atoms with Crippen molar-refractivity contribution in [1.29, 1.82) is 0 Å². The zero-order valence-corrected chi connectivity index (χ0v) is 13.6. The van der Waals surface area contributed by atoms with Crippen LogP contribution in [0.5, 0.6) is 5.75 Å². The largest absolute Gasteiger partial charge is 0.492 e. The molecule has 1 fully saturated rings. The Balaban J connectivity index is 1.60. The van der Waals surface area contributed by atoms with Gasteiger partial charge in [0, 0.05) is 19.6 Å². The van der Waals surface area contributed by atoms with Gasteiger partial charge >= 0.3 is 12.0 Å². The number of likely N-dealkylation sites (tertiary alicyclic amines) is 1. The van der Waals surface area contributed by atoms with Crippen LogP contribution >= 0.6 is 11.6 Å². The fourth-order valence-electron chi connectivity index (χ4n) is 2.45. The minimum absolute atomic E-state index is 0.147. The second kappa shape index (κ2) is 8.62. The van der Waals surface area contributed by atoms with Crippen molar-refractivity contribution in [1.82, 2.24) is 10.2 Å². The highest BCUT2D eigenvalue weighted by molar-refractivity contribution is 6.32. The number of para-hydroxylation sites is 1. The van der Waals surface area contributed by atoms with Gasteiger partial charge in [0.15, 0.2) is 0 Å². The number of nitrogens with one attached hydrogen (secondary N) is 1. The molecule has 0 unspecified atom stereocenters. The van der Waals surface area contributed by atoms with E-state index in [0.717, 1.165) is 0 Å². The van der Waals surface area contributed by atoms with E-state index in [9.17, 15) is 9.59 Å². The Morgan fingerprint density at radius 1 is 1.30 bits per heavy atom.